The zero-order chi connectivity index (χ0) is 7.07. The zero-order valence-corrected chi connectivity index (χ0v) is 6.39. The van der Waals surface area contributed by atoms with Gasteiger partial charge in [0.2, 0.25) is 0 Å². The smallest absolute Gasteiger partial charge is 0.126 e. The normalized spacial score (nSPS) is 25.6. The van der Waals surface area contributed by atoms with Crippen molar-refractivity contribution < 1.29 is 0 Å². The second kappa shape index (κ2) is 1.70. The maximum atomic E-state index is 4.33. The first kappa shape index (κ1) is 6.55. The fraction of sp³-hybridized carbons (Fsp3) is 0.833. The van der Waals surface area contributed by atoms with Crippen LogP contribution in [0.5, 0.6) is 0 Å². The molecule has 0 spiro atoms. The third-order valence-corrected chi connectivity index (χ3v) is 1.59. The van der Waals surface area contributed by atoms with E-state index in [4.69, 9.17) is 0 Å². The maximum absolute atomic E-state index is 4.33. The van der Waals surface area contributed by atoms with E-state index < -0.39 is 0 Å². The van der Waals surface area contributed by atoms with Crippen molar-refractivity contribution in [1.82, 2.24) is 10.4 Å². The lowest BCUT2D eigenvalue weighted by Gasteiger charge is -2.23. The van der Waals surface area contributed by atoms with E-state index in [2.05, 4.69) is 24.3 Å². The molecule has 0 aromatic carbocycles. The molecule has 3 nitrogen and oxygen atoms in total. The number of amidine groups is 1. The molecular formula is C6H13N3. The second-order valence-corrected chi connectivity index (χ2v) is 2.86. The Labute approximate surface area is 55.7 Å². The van der Waals surface area contributed by atoms with Gasteiger partial charge in [-0.15, -0.1) is 0 Å². The molecule has 0 aromatic rings. The molecule has 52 valence electrons. The average molecular weight is 127 g/mol. The molecule has 0 bridgehead atoms. The Morgan fingerprint density at radius 3 is 2.22 bits per heavy atom. The summed E-state index contributed by atoms with van der Waals surface area (Å²) in [7, 11) is 1.99. The van der Waals surface area contributed by atoms with Crippen LogP contribution in [0.4, 0.5) is 0 Å². The van der Waals surface area contributed by atoms with Crippen molar-refractivity contribution in [3.8, 4) is 0 Å². The first-order chi connectivity index (χ1) is 4.02. The van der Waals surface area contributed by atoms with Gasteiger partial charge in [0, 0.05) is 7.05 Å². The van der Waals surface area contributed by atoms with E-state index in [-0.39, 0.29) is 5.66 Å². The van der Waals surface area contributed by atoms with Gasteiger partial charge in [-0.3, -0.25) is 0 Å². The van der Waals surface area contributed by atoms with E-state index in [0.717, 1.165) is 5.84 Å². The third-order valence-electron chi connectivity index (χ3n) is 1.59. The zero-order valence-electron chi connectivity index (χ0n) is 6.39. The minimum Gasteiger partial charge on any atom is -0.305 e. The van der Waals surface area contributed by atoms with Crippen LogP contribution in [0.3, 0.4) is 0 Å². The molecule has 0 aromatic heterocycles. The number of hydrogen-bond donors (Lipinski definition) is 1. The average Bonchev–Trinajstić information content (AvgIpc) is 1.79. The second-order valence-electron chi connectivity index (χ2n) is 2.86. The summed E-state index contributed by atoms with van der Waals surface area (Å²) < 4.78 is 0. The summed E-state index contributed by atoms with van der Waals surface area (Å²) in [5.41, 5.74) is 3.02. The van der Waals surface area contributed by atoms with E-state index >= 15 is 0 Å². The van der Waals surface area contributed by atoms with Crippen LogP contribution in [0.2, 0.25) is 0 Å². The van der Waals surface area contributed by atoms with Crippen LogP contribution >= 0.6 is 0 Å². The van der Waals surface area contributed by atoms with E-state index in [9.17, 15) is 0 Å². The topological polar surface area (TPSA) is 27.6 Å². The van der Waals surface area contributed by atoms with Crippen LogP contribution in [0, 0.1) is 0 Å². The summed E-state index contributed by atoms with van der Waals surface area (Å²) in [6, 6.07) is 0. The summed E-state index contributed by atoms with van der Waals surface area (Å²) in [6.07, 6.45) is 0. The Kier molecular flexibility index (Phi) is 1.24. The standard InChI is InChI=1S/C6H13N3/c1-5-7-6(2,3)9(4)8-5/h1-4H3,(H,7,8). The van der Waals surface area contributed by atoms with Gasteiger partial charge in [0.25, 0.3) is 0 Å². The summed E-state index contributed by atoms with van der Waals surface area (Å²) >= 11 is 0. The number of hydrogen-bond acceptors (Lipinski definition) is 3. The highest BCUT2D eigenvalue weighted by molar-refractivity contribution is 5.80. The molecule has 0 unspecified atom stereocenters. The van der Waals surface area contributed by atoms with E-state index in [1.165, 1.54) is 0 Å². The minimum absolute atomic E-state index is 0.0654. The van der Waals surface area contributed by atoms with Crippen LogP contribution in [0.25, 0.3) is 0 Å². The highest BCUT2D eigenvalue weighted by Crippen LogP contribution is 2.15. The van der Waals surface area contributed by atoms with Crippen molar-refractivity contribution in [2.75, 3.05) is 7.05 Å². The highest BCUT2D eigenvalue weighted by atomic mass is 15.6. The molecule has 0 amide bonds. The van der Waals surface area contributed by atoms with Gasteiger partial charge < -0.3 is 5.43 Å². The molecule has 1 N–H and O–H groups in total. The van der Waals surface area contributed by atoms with Crippen LogP contribution < -0.4 is 5.43 Å². The summed E-state index contributed by atoms with van der Waals surface area (Å²) in [6.45, 7) is 6.10. The maximum Gasteiger partial charge on any atom is 0.126 e. The van der Waals surface area contributed by atoms with Crippen LogP contribution in [0.1, 0.15) is 20.8 Å². The summed E-state index contributed by atoms with van der Waals surface area (Å²) in [5, 5.41) is 1.99. The molecule has 9 heavy (non-hydrogen) atoms. The number of hydrazine groups is 1. The van der Waals surface area contributed by atoms with Gasteiger partial charge in [-0.1, -0.05) is 0 Å². The van der Waals surface area contributed by atoms with Gasteiger partial charge in [-0.25, -0.2) is 4.99 Å². The quantitative estimate of drug-likeness (QED) is 0.515. The van der Waals surface area contributed by atoms with Crippen molar-refractivity contribution in [2.24, 2.45) is 4.99 Å². The van der Waals surface area contributed by atoms with Crippen molar-refractivity contribution in [3.05, 3.63) is 0 Å². The van der Waals surface area contributed by atoms with Gasteiger partial charge in [0.15, 0.2) is 0 Å². The van der Waals surface area contributed by atoms with Crippen molar-refractivity contribution >= 4 is 5.84 Å². The molecule has 1 aliphatic heterocycles. The fourth-order valence-electron chi connectivity index (χ4n) is 0.890. The lowest BCUT2D eigenvalue weighted by molar-refractivity contribution is 0.159. The summed E-state index contributed by atoms with van der Waals surface area (Å²) in [4.78, 5) is 4.33. The molecule has 0 saturated carbocycles. The predicted molar refractivity (Wildman–Crippen MR) is 38.1 cm³/mol. The monoisotopic (exact) mass is 127 g/mol. The van der Waals surface area contributed by atoms with Gasteiger partial charge in [-0.2, -0.15) is 5.01 Å². The van der Waals surface area contributed by atoms with Crippen LogP contribution in [-0.2, 0) is 0 Å². The molecule has 0 fully saturated rings. The van der Waals surface area contributed by atoms with E-state index in [0.29, 0.717) is 0 Å². The first-order valence-corrected chi connectivity index (χ1v) is 3.09. The third kappa shape index (κ3) is 1.05. The van der Waals surface area contributed by atoms with E-state index in [1.54, 1.807) is 0 Å². The molecule has 0 aliphatic carbocycles. The number of rotatable bonds is 0. The molecule has 1 rings (SSSR count). The van der Waals surface area contributed by atoms with Gasteiger partial charge in [-0.05, 0) is 20.8 Å². The van der Waals surface area contributed by atoms with Gasteiger partial charge >= 0.3 is 0 Å². The fourth-order valence-corrected chi connectivity index (χ4v) is 0.890. The Morgan fingerprint density at radius 1 is 1.56 bits per heavy atom. The molecule has 0 saturated heterocycles. The molecule has 1 aliphatic rings. The molecule has 3 heteroatoms. The molecule has 0 atom stereocenters. The van der Waals surface area contributed by atoms with Gasteiger partial charge in [0.05, 0.1) is 0 Å². The first-order valence-electron chi connectivity index (χ1n) is 3.09. The number of aliphatic imine (C=N–C) groups is 1. The number of nitrogens with zero attached hydrogens (tertiary/aromatic N) is 2. The lowest BCUT2D eigenvalue weighted by Crippen LogP contribution is -2.42. The SMILES string of the molecule is CC1=NC(C)(C)N(C)N1. The largest absolute Gasteiger partial charge is 0.305 e. The van der Waals surface area contributed by atoms with Gasteiger partial charge in [0.1, 0.15) is 11.5 Å². The predicted octanol–water partition coefficient (Wildman–Crippen LogP) is 0.591. The Hall–Kier alpha value is -0.570. The van der Waals surface area contributed by atoms with E-state index in [1.807, 2.05) is 19.0 Å². The Bertz CT molecular complexity index is 148. The lowest BCUT2D eigenvalue weighted by atomic mass is 10.3. The molecule has 1 heterocycles. The van der Waals surface area contributed by atoms with Crippen molar-refractivity contribution in [2.45, 2.75) is 26.4 Å². The van der Waals surface area contributed by atoms with Crippen LogP contribution in [0.15, 0.2) is 4.99 Å². The highest BCUT2D eigenvalue weighted by Gasteiger charge is 2.27. The van der Waals surface area contributed by atoms with Crippen molar-refractivity contribution in [1.29, 1.82) is 0 Å². The van der Waals surface area contributed by atoms with Crippen molar-refractivity contribution in [3.63, 3.8) is 0 Å². The number of nitrogens with one attached hydrogen (secondary N) is 1. The van der Waals surface area contributed by atoms with Crippen LogP contribution in [-0.4, -0.2) is 23.6 Å². The molecular weight excluding hydrogens is 114 g/mol. The minimum atomic E-state index is -0.0654. The Morgan fingerprint density at radius 2 is 2.11 bits per heavy atom. The Balaban J connectivity index is 2.76. The summed E-state index contributed by atoms with van der Waals surface area (Å²) in [5.74, 6) is 0.988. The molecule has 0 radical (unpaired) electrons.